The first-order chi connectivity index (χ1) is 9.11. The van der Waals surface area contributed by atoms with E-state index in [4.69, 9.17) is 29.0 Å². The van der Waals surface area contributed by atoms with E-state index in [2.05, 4.69) is 10.4 Å². The average Bonchev–Trinajstić information content (AvgIpc) is 2.38. The molecule has 0 aliphatic heterocycles. The zero-order valence-electron chi connectivity index (χ0n) is 10.5. The number of rotatable bonds is 4. The summed E-state index contributed by atoms with van der Waals surface area (Å²) < 4.78 is 0. The summed E-state index contributed by atoms with van der Waals surface area (Å²) in [6.07, 6.45) is 2.36. The van der Waals surface area contributed by atoms with Gasteiger partial charge in [-0.2, -0.15) is 0 Å². The monoisotopic (exact) mass is 295 g/mol. The van der Waals surface area contributed by atoms with Crippen LogP contribution < -0.4 is 11.3 Å². The molecule has 100 valence electrons. The summed E-state index contributed by atoms with van der Waals surface area (Å²) >= 11 is 12.4. The molecule has 0 saturated carbocycles. The van der Waals surface area contributed by atoms with Crippen molar-refractivity contribution in [2.75, 3.05) is 0 Å². The van der Waals surface area contributed by atoms with Crippen LogP contribution in [0.25, 0.3) is 0 Å². The number of aromatic nitrogens is 1. The lowest BCUT2D eigenvalue weighted by Crippen LogP contribution is -2.30. The Morgan fingerprint density at radius 1 is 1.26 bits per heavy atom. The second-order valence-electron chi connectivity index (χ2n) is 4.38. The Morgan fingerprint density at radius 2 is 1.95 bits per heavy atom. The molecule has 0 bridgehead atoms. The highest BCUT2D eigenvalue weighted by molar-refractivity contribution is 6.36. The lowest BCUT2D eigenvalue weighted by Gasteiger charge is -2.17. The van der Waals surface area contributed by atoms with Gasteiger partial charge in [0.25, 0.3) is 0 Å². The molecule has 0 radical (unpaired) electrons. The maximum absolute atomic E-state index is 6.18. The van der Waals surface area contributed by atoms with E-state index < -0.39 is 0 Å². The van der Waals surface area contributed by atoms with Gasteiger partial charge in [-0.15, -0.1) is 0 Å². The minimum Gasteiger partial charge on any atom is -0.271 e. The summed E-state index contributed by atoms with van der Waals surface area (Å²) in [5.41, 5.74) is 5.65. The Kier molecular flexibility index (Phi) is 4.77. The van der Waals surface area contributed by atoms with E-state index in [9.17, 15) is 0 Å². The fraction of sp³-hybridized carbons (Fsp3) is 0.214. The van der Waals surface area contributed by atoms with E-state index in [0.717, 1.165) is 16.8 Å². The van der Waals surface area contributed by atoms with Crippen LogP contribution in [0.1, 0.15) is 22.9 Å². The van der Waals surface area contributed by atoms with Gasteiger partial charge in [-0.25, -0.2) is 0 Å². The van der Waals surface area contributed by atoms with Gasteiger partial charge in [0.15, 0.2) is 0 Å². The van der Waals surface area contributed by atoms with Crippen molar-refractivity contribution in [3.63, 3.8) is 0 Å². The first-order valence-electron chi connectivity index (χ1n) is 5.93. The van der Waals surface area contributed by atoms with Crippen molar-refractivity contribution in [2.45, 2.75) is 19.4 Å². The van der Waals surface area contributed by atoms with Crippen LogP contribution in [0.5, 0.6) is 0 Å². The van der Waals surface area contributed by atoms with Gasteiger partial charge in [0.2, 0.25) is 0 Å². The quantitative estimate of drug-likeness (QED) is 0.671. The summed E-state index contributed by atoms with van der Waals surface area (Å²) in [5, 5.41) is 1.28. The third kappa shape index (κ3) is 3.45. The van der Waals surface area contributed by atoms with Crippen molar-refractivity contribution >= 4 is 23.2 Å². The number of nitrogens with two attached hydrogens (primary N) is 1. The zero-order chi connectivity index (χ0) is 13.8. The summed E-state index contributed by atoms with van der Waals surface area (Å²) in [4.78, 5) is 4.34. The Morgan fingerprint density at radius 3 is 2.53 bits per heavy atom. The zero-order valence-corrected chi connectivity index (χ0v) is 12.0. The molecule has 0 amide bonds. The van der Waals surface area contributed by atoms with E-state index >= 15 is 0 Å². The van der Waals surface area contributed by atoms with Crippen LogP contribution in [-0.2, 0) is 6.42 Å². The Balaban J connectivity index is 2.29. The lowest BCUT2D eigenvalue weighted by molar-refractivity contribution is 0.538. The van der Waals surface area contributed by atoms with Gasteiger partial charge >= 0.3 is 0 Å². The fourth-order valence-corrected chi connectivity index (χ4v) is 2.48. The highest BCUT2D eigenvalue weighted by Crippen LogP contribution is 2.28. The maximum atomic E-state index is 6.18. The number of hydrogen-bond acceptors (Lipinski definition) is 3. The van der Waals surface area contributed by atoms with Crippen LogP contribution in [0.2, 0.25) is 10.0 Å². The molecule has 0 spiro atoms. The molecule has 0 saturated heterocycles. The van der Waals surface area contributed by atoms with E-state index in [-0.39, 0.29) is 6.04 Å². The number of nitrogens with zero attached hydrogens (tertiary/aromatic N) is 1. The van der Waals surface area contributed by atoms with Gasteiger partial charge in [0.1, 0.15) is 0 Å². The fourth-order valence-electron chi connectivity index (χ4n) is 1.93. The van der Waals surface area contributed by atoms with Crippen LogP contribution in [0, 0.1) is 6.92 Å². The van der Waals surface area contributed by atoms with Gasteiger partial charge in [-0.1, -0.05) is 29.3 Å². The van der Waals surface area contributed by atoms with Crippen LogP contribution in [0.15, 0.2) is 36.5 Å². The molecule has 0 aliphatic rings. The topological polar surface area (TPSA) is 50.9 Å². The Hall–Kier alpha value is -1.13. The molecular formula is C14H15Cl2N3. The second-order valence-corrected chi connectivity index (χ2v) is 5.20. The van der Waals surface area contributed by atoms with Gasteiger partial charge in [0.05, 0.1) is 11.7 Å². The number of halogens is 2. The van der Waals surface area contributed by atoms with Gasteiger partial charge < -0.3 is 0 Å². The smallest absolute Gasteiger partial charge is 0.0673 e. The summed E-state index contributed by atoms with van der Waals surface area (Å²) in [6.45, 7) is 2.02. The molecule has 3 N–H and O–H groups in total. The predicted octanol–water partition coefficient (Wildman–Crippen LogP) is 3.44. The van der Waals surface area contributed by atoms with Crippen molar-refractivity contribution in [3.05, 3.63) is 63.4 Å². The van der Waals surface area contributed by atoms with Crippen LogP contribution in [-0.4, -0.2) is 4.98 Å². The van der Waals surface area contributed by atoms with E-state index in [1.807, 2.05) is 37.3 Å². The molecule has 1 heterocycles. The summed E-state index contributed by atoms with van der Waals surface area (Å²) in [5.74, 6) is 5.63. The number of nitrogens with one attached hydrogen (secondary N) is 1. The molecule has 3 nitrogen and oxygen atoms in total. The molecule has 0 fully saturated rings. The second kappa shape index (κ2) is 6.35. The molecule has 2 aromatic rings. The van der Waals surface area contributed by atoms with Crippen molar-refractivity contribution < 1.29 is 0 Å². The van der Waals surface area contributed by atoms with Crippen molar-refractivity contribution in [1.29, 1.82) is 0 Å². The molecular weight excluding hydrogens is 281 g/mol. The third-order valence-electron chi connectivity index (χ3n) is 2.96. The standard InChI is InChI=1S/C14H15Cl2N3/c1-9-5-6-18-13(7-9)14(19-17)8-10-11(15)3-2-4-12(10)16/h2-7,14,19H,8,17H2,1H3. The lowest BCUT2D eigenvalue weighted by atomic mass is 10.0. The largest absolute Gasteiger partial charge is 0.271 e. The first kappa shape index (κ1) is 14.3. The Labute approximate surface area is 122 Å². The molecule has 0 aliphatic carbocycles. The normalized spacial score (nSPS) is 12.4. The highest BCUT2D eigenvalue weighted by atomic mass is 35.5. The maximum Gasteiger partial charge on any atom is 0.0673 e. The van der Waals surface area contributed by atoms with E-state index in [1.54, 1.807) is 6.20 Å². The number of hydrogen-bond donors (Lipinski definition) is 2. The van der Waals surface area contributed by atoms with E-state index in [0.29, 0.717) is 16.5 Å². The van der Waals surface area contributed by atoms with Gasteiger partial charge in [0, 0.05) is 16.2 Å². The molecule has 5 heteroatoms. The first-order valence-corrected chi connectivity index (χ1v) is 6.69. The minimum absolute atomic E-state index is 0.128. The highest BCUT2D eigenvalue weighted by Gasteiger charge is 2.16. The third-order valence-corrected chi connectivity index (χ3v) is 3.67. The van der Waals surface area contributed by atoms with Crippen molar-refractivity contribution in [1.82, 2.24) is 10.4 Å². The molecule has 1 atom stereocenters. The van der Waals surface area contributed by atoms with Crippen molar-refractivity contribution in [2.24, 2.45) is 5.84 Å². The van der Waals surface area contributed by atoms with Gasteiger partial charge in [-0.05, 0) is 48.7 Å². The Bertz CT molecular complexity index is 552. The average molecular weight is 296 g/mol. The predicted molar refractivity (Wildman–Crippen MR) is 79.2 cm³/mol. The molecule has 1 unspecified atom stereocenters. The van der Waals surface area contributed by atoms with Crippen LogP contribution in [0.3, 0.4) is 0 Å². The number of aryl methyl sites for hydroxylation is 1. The molecule has 1 aromatic carbocycles. The summed E-state index contributed by atoms with van der Waals surface area (Å²) in [7, 11) is 0. The molecule has 19 heavy (non-hydrogen) atoms. The number of pyridine rings is 1. The molecule has 2 rings (SSSR count). The molecule has 1 aromatic heterocycles. The number of hydrazine groups is 1. The SMILES string of the molecule is Cc1ccnc(C(Cc2c(Cl)cccc2Cl)NN)c1. The van der Waals surface area contributed by atoms with Gasteiger partial charge in [-0.3, -0.25) is 16.3 Å². The minimum atomic E-state index is -0.128. The van der Waals surface area contributed by atoms with Crippen LogP contribution in [0.4, 0.5) is 0 Å². The summed E-state index contributed by atoms with van der Waals surface area (Å²) in [6, 6.07) is 9.27. The van der Waals surface area contributed by atoms with E-state index in [1.165, 1.54) is 0 Å². The number of benzene rings is 1. The van der Waals surface area contributed by atoms with Crippen molar-refractivity contribution in [3.8, 4) is 0 Å². The van der Waals surface area contributed by atoms with Crippen LogP contribution >= 0.6 is 23.2 Å².